The molecule has 3 N–H and O–H groups in total. The van der Waals surface area contributed by atoms with Crippen molar-refractivity contribution in [2.24, 2.45) is 0 Å². The number of hydrogen-bond acceptors (Lipinski definition) is 5. The first-order chi connectivity index (χ1) is 9.40. The summed E-state index contributed by atoms with van der Waals surface area (Å²) < 4.78 is 30.7. The minimum Gasteiger partial charge on any atom is -0.508 e. The predicted molar refractivity (Wildman–Crippen MR) is 67.5 cm³/mol. The molecule has 1 heterocycles. The Morgan fingerprint density at radius 1 is 1.20 bits per heavy atom. The molecule has 0 radical (unpaired) electrons. The molecule has 1 aromatic heterocycles. The summed E-state index contributed by atoms with van der Waals surface area (Å²) in [7, 11) is -4.01. The number of hydrogen-bond donors (Lipinski definition) is 3. The van der Waals surface area contributed by atoms with Crippen molar-refractivity contribution in [2.75, 3.05) is 0 Å². The summed E-state index contributed by atoms with van der Waals surface area (Å²) >= 11 is 0. The molecule has 0 fully saturated rings. The smallest absolute Gasteiger partial charge is 0.326 e. The molecule has 0 bridgehead atoms. The fourth-order valence-electron chi connectivity index (χ4n) is 1.56. The molecule has 0 amide bonds. The fourth-order valence-corrected chi connectivity index (χ4v) is 2.66. The summed E-state index contributed by atoms with van der Waals surface area (Å²) in [5.74, 6) is -1.40. The van der Waals surface area contributed by atoms with Crippen LogP contribution in [0.3, 0.4) is 0 Å². The molecule has 0 aliphatic heterocycles. The molecule has 1 aromatic carbocycles. The summed E-state index contributed by atoms with van der Waals surface area (Å²) in [5.41, 5.74) is 0.197. The summed E-state index contributed by atoms with van der Waals surface area (Å²) in [4.78, 5) is 11.1. The summed E-state index contributed by atoms with van der Waals surface area (Å²) in [6, 6.07) is 4.95. The average molecular weight is 297 g/mol. The Morgan fingerprint density at radius 2 is 1.85 bits per heavy atom. The van der Waals surface area contributed by atoms with E-state index in [9.17, 15) is 13.2 Å². The second-order valence-electron chi connectivity index (χ2n) is 3.94. The Kier molecular flexibility index (Phi) is 3.77. The molecule has 20 heavy (non-hydrogen) atoms. The highest BCUT2D eigenvalue weighted by Crippen LogP contribution is 2.20. The first-order valence-corrected chi connectivity index (χ1v) is 6.95. The van der Waals surface area contributed by atoms with Gasteiger partial charge < -0.3 is 14.6 Å². The molecule has 8 heteroatoms. The second kappa shape index (κ2) is 5.35. The van der Waals surface area contributed by atoms with Crippen molar-refractivity contribution in [3.05, 3.63) is 48.4 Å². The van der Waals surface area contributed by atoms with Crippen molar-refractivity contribution in [1.29, 1.82) is 0 Å². The van der Waals surface area contributed by atoms with Gasteiger partial charge in [0.1, 0.15) is 22.9 Å². The second-order valence-corrected chi connectivity index (χ2v) is 5.66. The molecular formula is C12H11NO6S. The third kappa shape index (κ3) is 2.98. The van der Waals surface area contributed by atoms with Crippen molar-refractivity contribution < 1.29 is 27.8 Å². The molecule has 0 spiro atoms. The number of phenols is 1. The van der Waals surface area contributed by atoms with Gasteiger partial charge in [0.2, 0.25) is 10.0 Å². The van der Waals surface area contributed by atoms with Crippen molar-refractivity contribution in [2.45, 2.75) is 10.9 Å². The number of aliphatic carboxylic acids is 1. The molecular weight excluding hydrogens is 286 g/mol. The minimum atomic E-state index is -4.01. The Balaban J connectivity index is 2.32. The van der Waals surface area contributed by atoms with E-state index in [0.717, 1.165) is 6.26 Å². The molecule has 0 unspecified atom stereocenters. The van der Waals surface area contributed by atoms with E-state index >= 15 is 0 Å². The number of benzene rings is 1. The first-order valence-electron chi connectivity index (χ1n) is 5.46. The molecule has 2 aromatic rings. The van der Waals surface area contributed by atoms with E-state index in [4.69, 9.17) is 10.2 Å². The van der Waals surface area contributed by atoms with Gasteiger partial charge in [-0.1, -0.05) is 12.1 Å². The molecule has 0 saturated carbocycles. The lowest BCUT2D eigenvalue weighted by Gasteiger charge is -2.14. The van der Waals surface area contributed by atoms with E-state index < -0.39 is 22.0 Å². The first kappa shape index (κ1) is 14.1. The van der Waals surface area contributed by atoms with E-state index in [2.05, 4.69) is 9.14 Å². The number of sulfonamides is 1. The summed E-state index contributed by atoms with van der Waals surface area (Å²) in [6.45, 7) is 0. The number of phenolic OH excluding ortho intramolecular Hbond substituents is 1. The topological polar surface area (TPSA) is 117 Å². The number of nitrogens with one attached hydrogen (secondary N) is 1. The highest BCUT2D eigenvalue weighted by Gasteiger charge is 2.27. The van der Waals surface area contributed by atoms with E-state index in [1.54, 1.807) is 0 Å². The normalized spacial score (nSPS) is 13.0. The van der Waals surface area contributed by atoms with Crippen LogP contribution in [0.25, 0.3) is 0 Å². The monoisotopic (exact) mass is 297 g/mol. The molecule has 0 aliphatic carbocycles. The van der Waals surface area contributed by atoms with Crippen LogP contribution in [0.5, 0.6) is 5.75 Å². The zero-order valence-corrected chi connectivity index (χ0v) is 10.9. The number of carbonyl (C=O) groups is 1. The van der Waals surface area contributed by atoms with Gasteiger partial charge in [-0.2, -0.15) is 4.72 Å². The summed E-state index contributed by atoms with van der Waals surface area (Å²) in [6.07, 6.45) is 2.17. The standard InChI is InChI=1S/C12H11NO6S/c14-9-3-1-8(2-4-9)11(12(15)16)13-20(17,18)10-5-6-19-7-10/h1-7,11,13-14H,(H,15,16)/t11-/m0/s1. The molecule has 0 saturated heterocycles. The lowest BCUT2D eigenvalue weighted by Crippen LogP contribution is -2.33. The molecule has 7 nitrogen and oxygen atoms in total. The molecule has 0 aliphatic rings. The number of carboxylic acids is 1. The van der Waals surface area contributed by atoms with Gasteiger partial charge in [-0.25, -0.2) is 8.42 Å². The Hall–Kier alpha value is -2.32. The van der Waals surface area contributed by atoms with E-state index in [1.807, 2.05) is 0 Å². The zero-order chi connectivity index (χ0) is 14.8. The van der Waals surface area contributed by atoms with Gasteiger partial charge in [-0.05, 0) is 23.8 Å². The number of furan rings is 1. The Morgan fingerprint density at radius 3 is 2.35 bits per heavy atom. The third-order valence-electron chi connectivity index (χ3n) is 2.55. The SMILES string of the molecule is O=C(O)[C@@H](NS(=O)(=O)c1ccoc1)c1ccc(O)cc1. The van der Waals surface area contributed by atoms with Gasteiger partial charge in [0.05, 0.1) is 6.26 Å². The van der Waals surface area contributed by atoms with Crippen LogP contribution in [-0.4, -0.2) is 24.6 Å². The van der Waals surface area contributed by atoms with Gasteiger partial charge >= 0.3 is 5.97 Å². The lowest BCUT2D eigenvalue weighted by atomic mass is 10.1. The minimum absolute atomic E-state index is 0.0458. The lowest BCUT2D eigenvalue weighted by molar-refractivity contribution is -0.139. The largest absolute Gasteiger partial charge is 0.508 e. The van der Waals surface area contributed by atoms with Crippen LogP contribution in [0.2, 0.25) is 0 Å². The molecule has 106 valence electrons. The summed E-state index contributed by atoms with van der Waals surface area (Å²) in [5, 5.41) is 18.3. The van der Waals surface area contributed by atoms with Gasteiger partial charge in [-0.3, -0.25) is 4.79 Å². The van der Waals surface area contributed by atoms with E-state index in [0.29, 0.717) is 0 Å². The van der Waals surface area contributed by atoms with Crippen LogP contribution in [0, 0.1) is 0 Å². The average Bonchev–Trinajstić information content (AvgIpc) is 2.91. The maximum absolute atomic E-state index is 12.0. The number of aromatic hydroxyl groups is 1. The van der Waals surface area contributed by atoms with Crippen LogP contribution >= 0.6 is 0 Å². The van der Waals surface area contributed by atoms with E-state index in [1.165, 1.54) is 36.6 Å². The van der Waals surface area contributed by atoms with Gasteiger partial charge in [0.25, 0.3) is 0 Å². The van der Waals surface area contributed by atoms with Crippen LogP contribution in [0.1, 0.15) is 11.6 Å². The quantitative estimate of drug-likeness (QED) is 0.760. The highest BCUT2D eigenvalue weighted by atomic mass is 32.2. The highest BCUT2D eigenvalue weighted by molar-refractivity contribution is 7.89. The molecule has 2 rings (SSSR count). The van der Waals surface area contributed by atoms with Crippen LogP contribution < -0.4 is 4.72 Å². The van der Waals surface area contributed by atoms with Crippen molar-refractivity contribution in [3.63, 3.8) is 0 Å². The van der Waals surface area contributed by atoms with Gasteiger partial charge in [-0.15, -0.1) is 0 Å². The van der Waals surface area contributed by atoms with Crippen LogP contribution in [-0.2, 0) is 14.8 Å². The fraction of sp³-hybridized carbons (Fsp3) is 0.0833. The van der Waals surface area contributed by atoms with E-state index in [-0.39, 0.29) is 16.2 Å². The van der Waals surface area contributed by atoms with Crippen molar-refractivity contribution in [1.82, 2.24) is 4.72 Å². The zero-order valence-electron chi connectivity index (χ0n) is 10.1. The van der Waals surface area contributed by atoms with Gasteiger partial charge in [0.15, 0.2) is 0 Å². The third-order valence-corrected chi connectivity index (χ3v) is 3.95. The van der Waals surface area contributed by atoms with Crippen molar-refractivity contribution >= 4 is 16.0 Å². The predicted octanol–water partition coefficient (Wildman–Crippen LogP) is 1.09. The van der Waals surface area contributed by atoms with Crippen LogP contribution in [0.4, 0.5) is 0 Å². The van der Waals surface area contributed by atoms with Crippen molar-refractivity contribution in [3.8, 4) is 5.75 Å². The molecule has 1 atom stereocenters. The number of carboxylic acid groups (broad SMARTS) is 1. The number of rotatable bonds is 5. The maximum atomic E-state index is 12.0. The maximum Gasteiger partial charge on any atom is 0.326 e. The Labute approximate surface area is 114 Å². The Bertz CT molecular complexity index is 690. The van der Waals surface area contributed by atoms with Gasteiger partial charge in [0, 0.05) is 0 Å². The van der Waals surface area contributed by atoms with Crippen LogP contribution in [0.15, 0.2) is 52.2 Å².